The second kappa shape index (κ2) is 7.04. The number of amides is 2. The minimum absolute atomic E-state index is 0.153. The largest absolute Gasteiger partial charge is 0.401 e. The van der Waals surface area contributed by atoms with E-state index in [0.29, 0.717) is 15.7 Å². The molecule has 1 fully saturated rings. The number of anilines is 1. The first-order valence-corrected chi connectivity index (χ1v) is 7.76. The van der Waals surface area contributed by atoms with Gasteiger partial charge in [-0.1, -0.05) is 0 Å². The second-order valence-corrected chi connectivity index (χ2v) is 6.20. The van der Waals surface area contributed by atoms with Crippen molar-refractivity contribution in [3.63, 3.8) is 0 Å². The summed E-state index contributed by atoms with van der Waals surface area (Å²) in [5, 5.41) is 2.60. The highest BCUT2D eigenvalue weighted by atomic mass is 79.9. The number of carbonyl (C=O) groups excluding carboxylic acids is 1. The van der Waals surface area contributed by atoms with Gasteiger partial charge in [-0.3, -0.25) is 4.90 Å². The van der Waals surface area contributed by atoms with Crippen molar-refractivity contribution >= 4 is 27.6 Å². The molecule has 2 rings (SSSR count). The van der Waals surface area contributed by atoms with Gasteiger partial charge >= 0.3 is 12.2 Å². The highest BCUT2D eigenvalue weighted by Crippen LogP contribution is 2.25. The topological polar surface area (TPSA) is 35.6 Å². The van der Waals surface area contributed by atoms with E-state index in [1.54, 1.807) is 6.07 Å². The van der Waals surface area contributed by atoms with Gasteiger partial charge in [-0.2, -0.15) is 13.2 Å². The number of nitrogens with one attached hydrogen (secondary N) is 1. The Bertz CT molecular complexity index is 586. The summed E-state index contributed by atoms with van der Waals surface area (Å²) < 4.78 is 51.0. The maximum Gasteiger partial charge on any atom is 0.401 e. The molecular weight excluding hydrogens is 382 g/mol. The lowest BCUT2D eigenvalue weighted by Crippen LogP contribution is -2.52. The summed E-state index contributed by atoms with van der Waals surface area (Å²) >= 11 is 3.06. The number of carbonyl (C=O) groups is 1. The molecule has 1 aromatic carbocycles. The summed E-state index contributed by atoms with van der Waals surface area (Å²) in [5.74, 6) is -0.460. The highest BCUT2D eigenvalue weighted by molar-refractivity contribution is 9.10. The fourth-order valence-electron chi connectivity index (χ4n) is 2.34. The summed E-state index contributed by atoms with van der Waals surface area (Å²) in [5.41, 5.74) is 0.636. The molecule has 1 aliphatic heterocycles. The summed E-state index contributed by atoms with van der Waals surface area (Å²) in [6, 6.07) is 2.61. The van der Waals surface area contributed by atoms with Crippen molar-refractivity contribution < 1.29 is 22.4 Å². The van der Waals surface area contributed by atoms with E-state index in [-0.39, 0.29) is 26.2 Å². The first-order valence-electron chi connectivity index (χ1n) is 6.97. The number of hydrogen-bond acceptors (Lipinski definition) is 2. The number of nitrogens with zero attached hydrogens (tertiary/aromatic N) is 2. The maximum absolute atomic E-state index is 13.8. The van der Waals surface area contributed by atoms with Crippen molar-refractivity contribution in [3.8, 4) is 0 Å². The predicted molar refractivity (Wildman–Crippen MR) is 81.9 cm³/mol. The predicted octanol–water partition coefficient (Wildman–Crippen LogP) is 3.61. The molecule has 1 aromatic rings. The molecule has 1 saturated heterocycles. The normalized spacial score (nSPS) is 16.5. The van der Waals surface area contributed by atoms with Crippen LogP contribution < -0.4 is 5.32 Å². The lowest BCUT2D eigenvalue weighted by Gasteiger charge is -2.35. The minimum atomic E-state index is -4.24. The number of alkyl halides is 3. The zero-order valence-corrected chi connectivity index (χ0v) is 14.0. The summed E-state index contributed by atoms with van der Waals surface area (Å²) in [6.45, 7) is 1.26. The lowest BCUT2D eigenvalue weighted by molar-refractivity contribution is -0.148. The third-order valence-corrected chi connectivity index (χ3v) is 4.26. The van der Waals surface area contributed by atoms with Crippen LogP contribution >= 0.6 is 15.9 Å². The second-order valence-electron chi connectivity index (χ2n) is 5.34. The molecule has 0 aromatic heterocycles. The van der Waals surface area contributed by atoms with E-state index in [4.69, 9.17) is 0 Å². The fraction of sp³-hybridized carbons (Fsp3) is 0.500. The molecule has 0 atom stereocenters. The average Bonchev–Trinajstić information content (AvgIpc) is 2.47. The summed E-state index contributed by atoms with van der Waals surface area (Å²) in [7, 11) is 0. The third-order valence-electron chi connectivity index (χ3n) is 3.64. The van der Waals surface area contributed by atoms with Gasteiger partial charge in [0.15, 0.2) is 0 Å². The van der Waals surface area contributed by atoms with E-state index in [9.17, 15) is 22.4 Å². The van der Waals surface area contributed by atoms with Gasteiger partial charge in [0.2, 0.25) is 0 Å². The van der Waals surface area contributed by atoms with Gasteiger partial charge in [0.25, 0.3) is 0 Å². The summed E-state index contributed by atoms with van der Waals surface area (Å²) in [4.78, 5) is 14.8. The Morgan fingerprint density at radius 3 is 2.43 bits per heavy atom. The third kappa shape index (κ3) is 4.81. The van der Waals surface area contributed by atoms with Crippen molar-refractivity contribution in [2.24, 2.45) is 0 Å². The minimum Gasteiger partial charge on any atom is -0.322 e. The van der Waals surface area contributed by atoms with E-state index >= 15 is 0 Å². The quantitative estimate of drug-likeness (QED) is 0.773. The molecule has 0 unspecified atom stereocenters. The SMILES string of the molecule is Cc1c(NC(=O)N2CCN(CC(F)(F)F)CC2)ccc(Br)c1F. The van der Waals surface area contributed by atoms with E-state index in [2.05, 4.69) is 21.2 Å². The van der Waals surface area contributed by atoms with Crippen LogP contribution in [0.25, 0.3) is 0 Å². The van der Waals surface area contributed by atoms with Crippen molar-refractivity contribution in [3.05, 3.63) is 28.0 Å². The molecule has 1 N–H and O–H groups in total. The number of hydrogen-bond donors (Lipinski definition) is 1. The number of urea groups is 1. The molecule has 0 bridgehead atoms. The fourth-order valence-corrected chi connectivity index (χ4v) is 2.77. The number of piperazine rings is 1. The van der Waals surface area contributed by atoms with Crippen molar-refractivity contribution in [2.75, 3.05) is 38.0 Å². The Morgan fingerprint density at radius 2 is 1.87 bits per heavy atom. The molecular formula is C14H16BrF4N3O. The Balaban J connectivity index is 1.92. The van der Waals surface area contributed by atoms with E-state index in [0.717, 1.165) is 0 Å². The Morgan fingerprint density at radius 1 is 1.26 bits per heavy atom. The van der Waals surface area contributed by atoms with Crippen molar-refractivity contribution in [1.82, 2.24) is 9.80 Å². The monoisotopic (exact) mass is 397 g/mol. The molecule has 0 radical (unpaired) electrons. The lowest BCUT2D eigenvalue weighted by atomic mass is 10.2. The Hall–Kier alpha value is -1.35. The number of benzene rings is 1. The first-order chi connectivity index (χ1) is 10.7. The molecule has 2 amide bonds. The Kier molecular flexibility index (Phi) is 5.51. The Labute approximate surface area is 139 Å². The molecule has 0 saturated carbocycles. The van der Waals surface area contributed by atoms with Gasteiger partial charge in [0, 0.05) is 37.4 Å². The number of halogens is 5. The van der Waals surface area contributed by atoms with E-state index < -0.39 is 24.6 Å². The standard InChI is InChI=1S/C14H16BrF4N3O/c1-9-11(3-2-10(15)12(9)16)20-13(23)22-6-4-21(5-7-22)8-14(17,18)19/h2-3H,4-8H2,1H3,(H,20,23). The van der Waals surface area contributed by atoms with Crippen LogP contribution in [0, 0.1) is 12.7 Å². The summed E-state index contributed by atoms with van der Waals surface area (Å²) in [6.07, 6.45) is -4.24. The molecule has 1 aliphatic rings. The van der Waals surface area contributed by atoms with Crippen molar-refractivity contribution in [1.29, 1.82) is 0 Å². The van der Waals surface area contributed by atoms with Crippen LogP contribution in [0.1, 0.15) is 5.56 Å². The van der Waals surface area contributed by atoms with Gasteiger partial charge in [0.05, 0.1) is 11.0 Å². The molecule has 1 heterocycles. The van der Waals surface area contributed by atoms with Crippen LogP contribution in [-0.4, -0.2) is 54.7 Å². The van der Waals surface area contributed by atoms with Gasteiger partial charge in [-0.15, -0.1) is 0 Å². The van der Waals surface area contributed by atoms with Gasteiger partial charge in [-0.25, -0.2) is 9.18 Å². The van der Waals surface area contributed by atoms with Crippen LogP contribution in [0.5, 0.6) is 0 Å². The molecule has 23 heavy (non-hydrogen) atoms. The van der Waals surface area contributed by atoms with Crippen molar-refractivity contribution in [2.45, 2.75) is 13.1 Å². The van der Waals surface area contributed by atoms with Crippen LogP contribution in [0.4, 0.5) is 28.0 Å². The van der Waals surface area contributed by atoms with Crippen LogP contribution in [0.3, 0.4) is 0 Å². The number of rotatable bonds is 2. The molecule has 9 heteroatoms. The maximum atomic E-state index is 13.8. The van der Waals surface area contributed by atoms with E-state index in [1.807, 2.05) is 0 Å². The highest BCUT2D eigenvalue weighted by Gasteiger charge is 2.32. The van der Waals surface area contributed by atoms with Gasteiger partial charge < -0.3 is 10.2 Å². The van der Waals surface area contributed by atoms with E-state index in [1.165, 1.54) is 22.8 Å². The van der Waals surface area contributed by atoms with Gasteiger partial charge in [-0.05, 0) is 35.0 Å². The molecule has 0 aliphatic carbocycles. The molecule has 0 spiro atoms. The zero-order valence-electron chi connectivity index (χ0n) is 12.4. The van der Waals surface area contributed by atoms with Gasteiger partial charge in [0.1, 0.15) is 5.82 Å². The molecule has 128 valence electrons. The van der Waals surface area contributed by atoms with Crippen LogP contribution in [0.2, 0.25) is 0 Å². The van der Waals surface area contributed by atoms with Crippen LogP contribution in [0.15, 0.2) is 16.6 Å². The first kappa shape index (κ1) is 18.0. The average molecular weight is 398 g/mol. The smallest absolute Gasteiger partial charge is 0.322 e. The molecule has 4 nitrogen and oxygen atoms in total. The van der Waals surface area contributed by atoms with Crippen LogP contribution in [-0.2, 0) is 0 Å². The zero-order chi connectivity index (χ0) is 17.2.